The van der Waals surface area contributed by atoms with Gasteiger partial charge in [0, 0.05) is 19.0 Å². The van der Waals surface area contributed by atoms with Crippen molar-refractivity contribution in [3.05, 3.63) is 65.5 Å². The number of likely N-dealkylation sites (tertiary alicyclic amines) is 1. The summed E-state index contributed by atoms with van der Waals surface area (Å²) >= 11 is 0. The number of oxazole rings is 1. The van der Waals surface area contributed by atoms with Crippen LogP contribution in [-0.4, -0.2) is 46.9 Å². The van der Waals surface area contributed by atoms with E-state index in [1.54, 1.807) is 0 Å². The number of benzene rings is 2. The fourth-order valence-corrected chi connectivity index (χ4v) is 4.40. The molecule has 0 spiro atoms. The van der Waals surface area contributed by atoms with E-state index >= 15 is 0 Å². The molecule has 5 rings (SSSR count). The lowest BCUT2D eigenvalue weighted by molar-refractivity contribution is -0.133. The Labute approximate surface area is 165 Å². The van der Waals surface area contributed by atoms with E-state index in [1.165, 1.54) is 11.1 Å². The van der Waals surface area contributed by atoms with E-state index in [-0.39, 0.29) is 5.91 Å². The molecule has 2 aromatic carbocycles. The zero-order chi connectivity index (χ0) is 18.9. The molecule has 0 bridgehead atoms. The summed E-state index contributed by atoms with van der Waals surface area (Å²) in [5.41, 5.74) is 4.46. The summed E-state index contributed by atoms with van der Waals surface area (Å²) in [5.74, 6) is 1.44. The van der Waals surface area contributed by atoms with Gasteiger partial charge in [0.05, 0.1) is 6.54 Å². The van der Waals surface area contributed by atoms with Crippen LogP contribution < -0.4 is 0 Å². The molecule has 5 heteroatoms. The van der Waals surface area contributed by atoms with Crippen LogP contribution in [0.5, 0.6) is 0 Å². The molecule has 3 aromatic rings. The van der Waals surface area contributed by atoms with Gasteiger partial charge in [0.15, 0.2) is 11.5 Å². The number of para-hydroxylation sites is 2. The maximum Gasteiger partial charge on any atom is 0.237 e. The number of hydrogen-bond donors (Lipinski definition) is 0. The van der Waals surface area contributed by atoms with Gasteiger partial charge in [0.1, 0.15) is 5.52 Å². The monoisotopic (exact) mass is 375 g/mol. The zero-order valence-corrected chi connectivity index (χ0v) is 16.0. The molecule has 144 valence electrons. The third-order valence-corrected chi connectivity index (χ3v) is 6.09. The average molecular weight is 375 g/mol. The summed E-state index contributed by atoms with van der Waals surface area (Å²) in [6.07, 6.45) is 2.94. The lowest BCUT2D eigenvalue weighted by Crippen LogP contribution is -2.44. The Kier molecular flexibility index (Phi) is 4.61. The fourth-order valence-electron chi connectivity index (χ4n) is 4.40. The number of carbonyl (C=O) groups is 1. The molecule has 2 aliphatic rings. The van der Waals surface area contributed by atoms with E-state index in [9.17, 15) is 4.79 Å². The number of piperidine rings is 1. The molecule has 0 atom stereocenters. The van der Waals surface area contributed by atoms with Crippen LogP contribution >= 0.6 is 0 Å². The highest BCUT2D eigenvalue weighted by atomic mass is 16.3. The van der Waals surface area contributed by atoms with Crippen molar-refractivity contribution in [2.24, 2.45) is 0 Å². The lowest BCUT2D eigenvalue weighted by Gasteiger charge is -2.34. The number of amides is 1. The van der Waals surface area contributed by atoms with Crippen LogP contribution in [0.2, 0.25) is 0 Å². The predicted molar refractivity (Wildman–Crippen MR) is 108 cm³/mol. The van der Waals surface area contributed by atoms with Crippen LogP contribution in [-0.2, 0) is 17.8 Å². The molecule has 0 saturated carbocycles. The Morgan fingerprint density at radius 2 is 1.75 bits per heavy atom. The number of hydrogen-bond acceptors (Lipinski definition) is 4. The van der Waals surface area contributed by atoms with Gasteiger partial charge >= 0.3 is 0 Å². The minimum atomic E-state index is 0.245. The molecular weight excluding hydrogens is 350 g/mol. The van der Waals surface area contributed by atoms with Gasteiger partial charge in [-0.3, -0.25) is 9.69 Å². The van der Waals surface area contributed by atoms with E-state index in [0.29, 0.717) is 12.5 Å². The van der Waals surface area contributed by atoms with Crippen LogP contribution in [0.4, 0.5) is 0 Å². The Bertz CT molecular complexity index is 955. The van der Waals surface area contributed by atoms with Crippen LogP contribution in [0.1, 0.15) is 35.8 Å². The molecule has 2 aliphatic heterocycles. The molecule has 1 aromatic heterocycles. The van der Waals surface area contributed by atoms with Gasteiger partial charge in [-0.15, -0.1) is 0 Å². The number of fused-ring (bicyclic) bond motifs is 2. The van der Waals surface area contributed by atoms with Crippen molar-refractivity contribution in [1.29, 1.82) is 0 Å². The van der Waals surface area contributed by atoms with E-state index < -0.39 is 0 Å². The van der Waals surface area contributed by atoms with E-state index in [1.807, 2.05) is 29.2 Å². The summed E-state index contributed by atoms with van der Waals surface area (Å²) in [6, 6.07) is 16.4. The SMILES string of the molecule is O=C(CN1CCC(c2nc3ccccc3o2)CC1)N1CCc2ccccc2C1. The lowest BCUT2D eigenvalue weighted by atomic mass is 9.96. The first-order chi connectivity index (χ1) is 13.8. The van der Waals surface area contributed by atoms with Crippen LogP contribution in [0.15, 0.2) is 52.9 Å². The number of aromatic nitrogens is 1. The minimum Gasteiger partial charge on any atom is -0.440 e. The zero-order valence-electron chi connectivity index (χ0n) is 16.0. The van der Waals surface area contributed by atoms with Gasteiger partial charge in [0.2, 0.25) is 5.91 Å². The fraction of sp³-hybridized carbons (Fsp3) is 0.391. The smallest absolute Gasteiger partial charge is 0.237 e. The first-order valence-corrected chi connectivity index (χ1v) is 10.2. The standard InChI is InChI=1S/C23H25N3O2/c27-22(26-14-11-17-5-1-2-6-19(17)15-26)16-25-12-9-18(10-13-25)23-24-20-7-3-4-8-21(20)28-23/h1-8,18H,9-16H2. The second kappa shape index (κ2) is 7.40. The molecule has 3 heterocycles. The molecule has 1 fully saturated rings. The van der Waals surface area contributed by atoms with Gasteiger partial charge < -0.3 is 9.32 Å². The first-order valence-electron chi connectivity index (χ1n) is 10.2. The van der Waals surface area contributed by atoms with Crippen molar-refractivity contribution in [3.8, 4) is 0 Å². The number of rotatable bonds is 3. The molecule has 0 radical (unpaired) electrons. The van der Waals surface area contributed by atoms with Crippen molar-refractivity contribution >= 4 is 17.0 Å². The summed E-state index contributed by atoms with van der Waals surface area (Å²) < 4.78 is 5.95. The van der Waals surface area contributed by atoms with Crippen LogP contribution in [0.25, 0.3) is 11.1 Å². The van der Waals surface area contributed by atoms with Crippen molar-refractivity contribution in [2.45, 2.75) is 31.7 Å². The van der Waals surface area contributed by atoms with Crippen molar-refractivity contribution in [3.63, 3.8) is 0 Å². The van der Waals surface area contributed by atoms with Gasteiger partial charge in [-0.2, -0.15) is 0 Å². The highest BCUT2D eigenvalue weighted by Crippen LogP contribution is 2.30. The second-order valence-electron chi connectivity index (χ2n) is 7.90. The van der Waals surface area contributed by atoms with E-state index in [2.05, 4.69) is 34.1 Å². The Morgan fingerprint density at radius 1 is 1.00 bits per heavy atom. The van der Waals surface area contributed by atoms with Gasteiger partial charge in [-0.05, 0) is 55.6 Å². The van der Waals surface area contributed by atoms with Gasteiger partial charge in [-0.1, -0.05) is 36.4 Å². The molecule has 0 N–H and O–H groups in total. The molecule has 0 aliphatic carbocycles. The molecule has 1 saturated heterocycles. The molecule has 28 heavy (non-hydrogen) atoms. The van der Waals surface area contributed by atoms with Gasteiger partial charge in [-0.25, -0.2) is 4.98 Å². The highest BCUT2D eigenvalue weighted by molar-refractivity contribution is 5.78. The Balaban J connectivity index is 1.17. The van der Waals surface area contributed by atoms with Crippen LogP contribution in [0.3, 0.4) is 0 Å². The van der Waals surface area contributed by atoms with E-state index in [0.717, 1.165) is 62.4 Å². The average Bonchev–Trinajstić information content (AvgIpc) is 3.18. The Hall–Kier alpha value is -2.66. The third-order valence-electron chi connectivity index (χ3n) is 6.09. The summed E-state index contributed by atoms with van der Waals surface area (Å²) in [5, 5.41) is 0. The molecular formula is C23H25N3O2. The first kappa shape index (κ1) is 17.4. The minimum absolute atomic E-state index is 0.245. The van der Waals surface area contributed by atoms with Crippen molar-refractivity contribution in [1.82, 2.24) is 14.8 Å². The molecule has 5 nitrogen and oxygen atoms in total. The predicted octanol–water partition coefficient (Wildman–Crippen LogP) is 3.59. The summed E-state index contributed by atoms with van der Waals surface area (Å²) in [6.45, 7) is 3.92. The normalized spacial score (nSPS) is 18.4. The summed E-state index contributed by atoms with van der Waals surface area (Å²) in [4.78, 5) is 21.7. The largest absolute Gasteiger partial charge is 0.440 e. The second-order valence-corrected chi connectivity index (χ2v) is 7.90. The highest BCUT2D eigenvalue weighted by Gasteiger charge is 2.27. The summed E-state index contributed by atoms with van der Waals surface area (Å²) in [7, 11) is 0. The van der Waals surface area contributed by atoms with E-state index in [4.69, 9.17) is 4.42 Å². The maximum atomic E-state index is 12.8. The van der Waals surface area contributed by atoms with Crippen molar-refractivity contribution < 1.29 is 9.21 Å². The Morgan fingerprint density at radius 3 is 2.57 bits per heavy atom. The topological polar surface area (TPSA) is 49.6 Å². The third kappa shape index (κ3) is 3.42. The quantitative estimate of drug-likeness (QED) is 0.702. The van der Waals surface area contributed by atoms with Crippen molar-refractivity contribution in [2.75, 3.05) is 26.2 Å². The molecule has 1 amide bonds. The number of nitrogens with zero attached hydrogens (tertiary/aromatic N) is 3. The van der Waals surface area contributed by atoms with Crippen LogP contribution in [0, 0.1) is 0 Å². The molecule has 0 unspecified atom stereocenters. The number of carbonyl (C=O) groups excluding carboxylic acids is 1. The maximum absolute atomic E-state index is 12.8. The van der Waals surface area contributed by atoms with Gasteiger partial charge in [0.25, 0.3) is 0 Å².